The van der Waals surface area contributed by atoms with E-state index < -0.39 is 6.16 Å². The van der Waals surface area contributed by atoms with Gasteiger partial charge in [-0.3, -0.25) is 9.59 Å². The average molecular weight is 450 g/mol. The fourth-order valence-corrected chi connectivity index (χ4v) is 2.93. The second kappa shape index (κ2) is 11.4. The zero-order valence-electron chi connectivity index (χ0n) is 18.0. The molecule has 0 heterocycles. The van der Waals surface area contributed by atoms with Gasteiger partial charge >= 0.3 is 6.16 Å². The maximum atomic E-state index is 13.0. The Morgan fingerprint density at radius 2 is 1.55 bits per heavy atom. The summed E-state index contributed by atoms with van der Waals surface area (Å²) in [4.78, 5) is 36.1. The van der Waals surface area contributed by atoms with Crippen molar-refractivity contribution < 1.29 is 28.2 Å². The molecule has 0 saturated carbocycles. The lowest BCUT2D eigenvalue weighted by atomic mass is 10.1. The fourth-order valence-electron chi connectivity index (χ4n) is 2.93. The van der Waals surface area contributed by atoms with Crippen molar-refractivity contribution in [3.05, 3.63) is 89.7 Å². The minimum Gasteiger partial charge on any atom is -0.434 e. The van der Waals surface area contributed by atoms with Gasteiger partial charge in [0.05, 0.1) is 6.61 Å². The van der Waals surface area contributed by atoms with Crippen LogP contribution < -0.4 is 15.4 Å². The largest absolute Gasteiger partial charge is 0.513 e. The van der Waals surface area contributed by atoms with Crippen LogP contribution in [0.25, 0.3) is 0 Å². The monoisotopic (exact) mass is 450 g/mol. The molecule has 2 N–H and O–H groups in total. The quantitative estimate of drug-likeness (QED) is 0.364. The normalized spacial score (nSPS) is 10.2. The van der Waals surface area contributed by atoms with E-state index >= 15 is 0 Å². The number of benzene rings is 3. The number of aryl methyl sites for hydroxylation is 1. The molecule has 0 bridgehead atoms. The summed E-state index contributed by atoms with van der Waals surface area (Å²) in [7, 11) is 0. The number of hydrogen-bond acceptors (Lipinski definition) is 5. The van der Waals surface area contributed by atoms with Crippen LogP contribution in [0.15, 0.2) is 72.8 Å². The molecule has 0 aromatic heterocycles. The fraction of sp³-hybridized carbons (Fsp3) is 0.160. The Labute approximate surface area is 190 Å². The first-order valence-electron chi connectivity index (χ1n) is 10.3. The van der Waals surface area contributed by atoms with Crippen molar-refractivity contribution in [1.82, 2.24) is 0 Å². The van der Waals surface area contributed by atoms with E-state index in [1.54, 1.807) is 43.3 Å². The van der Waals surface area contributed by atoms with Crippen LogP contribution in [-0.4, -0.2) is 24.6 Å². The van der Waals surface area contributed by atoms with Gasteiger partial charge in [0.1, 0.15) is 11.6 Å². The van der Waals surface area contributed by atoms with E-state index in [1.807, 2.05) is 0 Å². The van der Waals surface area contributed by atoms with Crippen LogP contribution in [0.3, 0.4) is 0 Å². The minimum absolute atomic E-state index is 0.194. The second-order valence-corrected chi connectivity index (χ2v) is 7.02. The van der Waals surface area contributed by atoms with Crippen molar-refractivity contribution in [2.24, 2.45) is 0 Å². The van der Waals surface area contributed by atoms with Gasteiger partial charge in [-0.25, -0.2) is 9.18 Å². The first-order chi connectivity index (χ1) is 15.9. The second-order valence-electron chi connectivity index (χ2n) is 7.02. The molecule has 0 spiro atoms. The highest BCUT2D eigenvalue weighted by atomic mass is 19.1. The van der Waals surface area contributed by atoms with Gasteiger partial charge in [-0.05, 0) is 73.5 Å². The van der Waals surface area contributed by atoms with Crippen LogP contribution >= 0.6 is 0 Å². The molecule has 0 aliphatic rings. The Bertz CT molecular complexity index is 1110. The van der Waals surface area contributed by atoms with E-state index in [0.717, 1.165) is 5.56 Å². The van der Waals surface area contributed by atoms with Gasteiger partial charge in [0, 0.05) is 23.4 Å². The average Bonchev–Trinajstić information content (AvgIpc) is 2.79. The van der Waals surface area contributed by atoms with Crippen LogP contribution in [0.5, 0.6) is 5.75 Å². The topological polar surface area (TPSA) is 93.7 Å². The smallest absolute Gasteiger partial charge is 0.434 e. The molecule has 0 radical (unpaired) electrons. The number of carbonyl (C=O) groups is 3. The molecule has 170 valence electrons. The van der Waals surface area contributed by atoms with Gasteiger partial charge in [-0.15, -0.1) is 0 Å². The van der Waals surface area contributed by atoms with Gasteiger partial charge in [-0.1, -0.05) is 18.2 Å². The molecule has 3 aromatic rings. The third-order valence-corrected chi connectivity index (χ3v) is 4.54. The molecule has 0 saturated heterocycles. The molecule has 8 heteroatoms. The maximum absolute atomic E-state index is 13.0. The zero-order valence-corrected chi connectivity index (χ0v) is 18.0. The SMILES string of the molecule is CCOC(=O)Oc1ccc(C(=O)Nc2cccc(NC(=O)CCc3ccc(F)cc3)c2)cc1. The number of carbonyl (C=O) groups excluding carboxylic acids is 3. The molecule has 3 rings (SSSR count). The van der Waals surface area contributed by atoms with E-state index in [4.69, 9.17) is 9.47 Å². The molecule has 7 nitrogen and oxygen atoms in total. The zero-order chi connectivity index (χ0) is 23.6. The molecule has 0 fully saturated rings. The highest BCUT2D eigenvalue weighted by Crippen LogP contribution is 2.18. The summed E-state index contributed by atoms with van der Waals surface area (Å²) < 4.78 is 22.6. The lowest BCUT2D eigenvalue weighted by Crippen LogP contribution is -2.14. The number of amides is 2. The Kier molecular flexibility index (Phi) is 8.13. The van der Waals surface area contributed by atoms with Crippen LogP contribution in [0, 0.1) is 5.82 Å². The molecule has 0 unspecified atom stereocenters. The van der Waals surface area contributed by atoms with Crippen molar-refractivity contribution in [3.63, 3.8) is 0 Å². The summed E-state index contributed by atoms with van der Waals surface area (Å²) in [6.07, 6.45) is -0.0906. The number of halogens is 1. The van der Waals surface area contributed by atoms with E-state index in [2.05, 4.69) is 10.6 Å². The predicted molar refractivity (Wildman–Crippen MR) is 122 cm³/mol. The van der Waals surface area contributed by atoms with Gasteiger partial charge < -0.3 is 20.1 Å². The first-order valence-corrected chi connectivity index (χ1v) is 10.3. The predicted octanol–water partition coefficient (Wildman–Crippen LogP) is 5.18. The summed E-state index contributed by atoms with van der Waals surface area (Å²) >= 11 is 0. The summed E-state index contributed by atoms with van der Waals surface area (Å²) in [6.45, 7) is 1.87. The van der Waals surface area contributed by atoms with Crippen LogP contribution in [0.4, 0.5) is 20.6 Å². The summed E-state index contributed by atoms with van der Waals surface area (Å²) in [5.41, 5.74) is 2.27. The van der Waals surface area contributed by atoms with Crippen LogP contribution in [0.1, 0.15) is 29.3 Å². The molecule has 0 aliphatic carbocycles. The Hall–Kier alpha value is -4.20. The molecule has 3 aromatic carbocycles. The third kappa shape index (κ3) is 7.46. The van der Waals surface area contributed by atoms with Crippen molar-refractivity contribution in [1.29, 1.82) is 0 Å². The molecule has 33 heavy (non-hydrogen) atoms. The van der Waals surface area contributed by atoms with Crippen molar-refractivity contribution >= 4 is 29.3 Å². The first kappa shape index (κ1) is 23.5. The summed E-state index contributed by atoms with van der Waals surface area (Å²) in [5, 5.41) is 5.55. The number of rotatable bonds is 8. The van der Waals surface area contributed by atoms with Crippen LogP contribution in [-0.2, 0) is 16.0 Å². The van der Waals surface area contributed by atoms with Crippen molar-refractivity contribution in [2.75, 3.05) is 17.2 Å². The van der Waals surface area contributed by atoms with Crippen LogP contribution in [0.2, 0.25) is 0 Å². The van der Waals surface area contributed by atoms with E-state index in [0.29, 0.717) is 23.4 Å². The highest BCUT2D eigenvalue weighted by molar-refractivity contribution is 6.04. The lowest BCUT2D eigenvalue weighted by Gasteiger charge is -2.10. The van der Waals surface area contributed by atoms with E-state index in [-0.39, 0.29) is 36.4 Å². The number of ether oxygens (including phenoxy) is 2. The minimum atomic E-state index is -0.814. The summed E-state index contributed by atoms with van der Waals surface area (Å²) in [6, 6.07) is 18.8. The standard InChI is InChI=1S/C25H23FN2O5/c1-2-32-25(31)33-22-13-9-18(10-14-22)24(30)28-21-5-3-4-20(16-21)27-23(29)15-8-17-6-11-19(26)12-7-17/h3-7,9-14,16H,2,8,15H2,1H3,(H,27,29)(H,28,30). The highest BCUT2D eigenvalue weighted by Gasteiger charge is 2.10. The molecular weight excluding hydrogens is 427 g/mol. The molecular formula is C25H23FN2O5. The molecule has 2 amide bonds. The number of hydrogen-bond donors (Lipinski definition) is 2. The Morgan fingerprint density at radius 3 is 2.21 bits per heavy atom. The summed E-state index contributed by atoms with van der Waals surface area (Å²) in [5.74, 6) is -0.615. The maximum Gasteiger partial charge on any atom is 0.513 e. The van der Waals surface area contributed by atoms with E-state index in [9.17, 15) is 18.8 Å². The Balaban J connectivity index is 1.53. The molecule has 0 atom stereocenters. The Morgan fingerprint density at radius 1 is 0.879 bits per heavy atom. The molecule has 0 aliphatic heterocycles. The third-order valence-electron chi connectivity index (χ3n) is 4.54. The van der Waals surface area contributed by atoms with Gasteiger partial charge in [0.15, 0.2) is 0 Å². The van der Waals surface area contributed by atoms with E-state index in [1.165, 1.54) is 36.4 Å². The van der Waals surface area contributed by atoms with Gasteiger partial charge in [0.25, 0.3) is 5.91 Å². The van der Waals surface area contributed by atoms with Gasteiger partial charge in [0.2, 0.25) is 5.91 Å². The number of anilines is 2. The van der Waals surface area contributed by atoms with Crippen molar-refractivity contribution in [3.8, 4) is 5.75 Å². The van der Waals surface area contributed by atoms with Crippen molar-refractivity contribution in [2.45, 2.75) is 19.8 Å². The van der Waals surface area contributed by atoms with Gasteiger partial charge in [-0.2, -0.15) is 0 Å². The lowest BCUT2D eigenvalue weighted by molar-refractivity contribution is -0.116. The number of nitrogens with one attached hydrogen (secondary N) is 2.